The zero-order valence-electron chi connectivity index (χ0n) is 14.1. The molecular formula is C19H21ClFN3. The van der Waals surface area contributed by atoms with Crippen LogP contribution in [0.2, 0.25) is 5.02 Å². The minimum Gasteiger partial charge on any atom is -0.365 e. The van der Waals surface area contributed by atoms with Gasteiger partial charge in [0.05, 0.1) is 6.04 Å². The van der Waals surface area contributed by atoms with Crippen LogP contribution in [0, 0.1) is 5.82 Å². The van der Waals surface area contributed by atoms with Crippen molar-refractivity contribution in [2.24, 2.45) is 5.10 Å². The first kappa shape index (κ1) is 16.8. The van der Waals surface area contributed by atoms with E-state index in [4.69, 9.17) is 11.6 Å². The maximum Gasteiger partial charge on any atom is 0.123 e. The second-order valence-corrected chi connectivity index (χ2v) is 6.80. The Kier molecular flexibility index (Phi) is 4.76. The van der Waals surface area contributed by atoms with Crippen LogP contribution in [-0.2, 0) is 6.42 Å². The van der Waals surface area contributed by atoms with Gasteiger partial charge in [0.2, 0.25) is 0 Å². The molecule has 0 saturated heterocycles. The first-order valence-electron chi connectivity index (χ1n) is 7.96. The summed E-state index contributed by atoms with van der Waals surface area (Å²) in [4.78, 5) is 1.96. The summed E-state index contributed by atoms with van der Waals surface area (Å²) >= 11 is 6.15. The SMILES string of the molecule is C/C(=N/NC1c2ccc(Cl)cc2CC1c1ccc(F)cc1)N(C)C. The number of fused-ring (bicyclic) bond motifs is 1. The lowest BCUT2D eigenvalue weighted by molar-refractivity contribution is 0.480. The van der Waals surface area contributed by atoms with Crippen molar-refractivity contribution in [3.8, 4) is 0 Å². The van der Waals surface area contributed by atoms with Crippen LogP contribution in [0.3, 0.4) is 0 Å². The van der Waals surface area contributed by atoms with Gasteiger partial charge >= 0.3 is 0 Å². The Balaban J connectivity index is 1.95. The molecule has 1 N–H and O–H groups in total. The van der Waals surface area contributed by atoms with Gasteiger partial charge in [0.25, 0.3) is 0 Å². The van der Waals surface area contributed by atoms with E-state index in [0.717, 1.165) is 22.8 Å². The maximum absolute atomic E-state index is 13.3. The number of benzene rings is 2. The zero-order chi connectivity index (χ0) is 17.3. The predicted molar refractivity (Wildman–Crippen MR) is 97.0 cm³/mol. The van der Waals surface area contributed by atoms with Gasteiger partial charge in [0.15, 0.2) is 0 Å². The van der Waals surface area contributed by atoms with Crippen molar-refractivity contribution in [1.82, 2.24) is 10.3 Å². The third kappa shape index (κ3) is 3.39. The van der Waals surface area contributed by atoms with Crippen LogP contribution in [0.4, 0.5) is 4.39 Å². The van der Waals surface area contributed by atoms with Crippen molar-refractivity contribution in [3.05, 3.63) is 70.0 Å². The Bertz CT molecular complexity index is 756. The highest BCUT2D eigenvalue weighted by atomic mass is 35.5. The highest BCUT2D eigenvalue weighted by Gasteiger charge is 2.33. The molecule has 1 aliphatic carbocycles. The highest BCUT2D eigenvalue weighted by Crippen LogP contribution is 2.43. The third-order valence-corrected chi connectivity index (χ3v) is 4.83. The van der Waals surface area contributed by atoms with E-state index in [1.54, 1.807) is 0 Å². The molecule has 3 rings (SSSR count). The molecule has 0 radical (unpaired) electrons. The number of hydrogen-bond acceptors (Lipinski definition) is 2. The molecule has 2 atom stereocenters. The molecule has 126 valence electrons. The van der Waals surface area contributed by atoms with E-state index in [1.807, 2.05) is 50.2 Å². The van der Waals surface area contributed by atoms with Crippen LogP contribution in [-0.4, -0.2) is 24.8 Å². The van der Waals surface area contributed by atoms with Crippen molar-refractivity contribution in [2.45, 2.75) is 25.3 Å². The summed E-state index contributed by atoms with van der Waals surface area (Å²) in [5, 5.41) is 5.24. The molecule has 5 heteroatoms. The Morgan fingerprint density at radius 3 is 2.58 bits per heavy atom. The quantitative estimate of drug-likeness (QED) is 0.509. The molecule has 2 unspecified atom stereocenters. The average molecular weight is 346 g/mol. The van der Waals surface area contributed by atoms with Crippen LogP contribution in [0.5, 0.6) is 0 Å². The fourth-order valence-electron chi connectivity index (χ4n) is 3.07. The second-order valence-electron chi connectivity index (χ2n) is 6.37. The number of halogens is 2. The first-order chi connectivity index (χ1) is 11.5. The normalized spacial score (nSPS) is 20.0. The van der Waals surface area contributed by atoms with Gasteiger partial charge in [-0.25, -0.2) is 4.39 Å². The lowest BCUT2D eigenvalue weighted by atomic mass is 9.92. The fourth-order valence-corrected chi connectivity index (χ4v) is 3.26. The fraction of sp³-hybridized carbons (Fsp3) is 0.316. The van der Waals surface area contributed by atoms with E-state index in [0.29, 0.717) is 0 Å². The molecule has 0 aliphatic heterocycles. The number of hydrogen-bond donors (Lipinski definition) is 1. The summed E-state index contributed by atoms with van der Waals surface area (Å²) in [6, 6.07) is 12.7. The molecule has 0 heterocycles. The minimum absolute atomic E-state index is 0.0395. The lowest BCUT2D eigenvalue weighted by Crippen LogP contribution is -2.26. The molecule has 3 nitrogen and oxygen atoms in total. The van der Waals surface area contributed by atoms with Gasteiger partial charge in [0, 0.05) is 25.0 Å². The van der Waals surface area contributed by atoms with Gasteiger partial charge in [-0.3, -0.25) is 0 Å². The van der Waals surface area contributed by atoms with Crippen LogP contribution in [0.1, 0.15) is 35.6 Å². The van der Waals surface area contributed by atoms with Gasteiger partial charge in [-0.15, -0.1) is 0 Å². The van der Waals surface area contributed by atoms with Crippen molar-refractivity contribution in [1.29, 1.82) is 0 Å². The van der Waals surface area contributed by atoms with E-state index in [-0.39, 0.29) is 17.8 Å². The van der Waals surface area contributed by atoms with Gasteiger partial charge in [-0.2, -0.15) is 5.10 Å². The van der Waals surface area contributed by atoms with Crippen LogP contribution >= 0.6 is 11.6 Å². The monoisotopic (exact) mass is 345 g/mol. The van der Waals surface area contributed by atoms with E-state index >= 15 is 0 Å². The van der Waals surface area contributed by atoms with Crippen molar-refractivity contribution < 1.29 is 4.39 Å². The minimum atomic E-state index is -0.219. The molecular weight excluding hydrogens is 325 g/mol. The Morgan fingerprint density at radius 2 is 1.92 bits per heavy atom. The van der Waals surface area contributed by atoms with Crippen molar-refractivity contribution in [3.63, 3.8) is 0 Å². The Morgan fingerprint density at radius 1 is 1.21 bits per heavy atom. The summed E-state index contributed by atoms with van der Waals surface area (Å²) in [6.07, 6.45) is 0.857. The largest absolute Gasteiger partial charge is 0.365 e. The molecule has 0 spiro atoms. The predicted octanol–water partition coefficient (Wildman–Crippen LogP) is 4.34. The summed E-state index contributed by atoms with van der Waals surface area (Å²) in [5.41, 5.74) is 6.82. The van der Waals surface area contributed by atoms with Crippen molar-refractivity contribution in [2.75, 3.05) is 14.1 Å². The highest BCUT2D eigenvalue weighted by molar-refractivity contribution is 6.30. The molecule has 2 aromatic carbocycles. The lowest BCUT2D eigenvalue weighted by Gasteiger charge is -2.22. The smallest absolute Gasteiger partial charge is 0.123 e. The molecule has 1 aliphatic rings. The van der Waals surface area contributed by atoms with E-state index in [1.165, 1.54) is 23.3 Å². The topological polar surface area (TPSA) is 27.6 Å². The van der Waals surface area contributed by atoms with Crippen LogP contribution < -0.4 is 5.43 Å². The molecule has 0 saturated carbocycles. The molecule has 2 aromatic rings. The molecule has 24 heavy (non-hydrogen) atoms. The third-order valence-electron chi connectivity index (χ3n) is 4.59. The summed E-state index contributed by atoms with van der Waals surface area (Å²) in [5.74, 6) is 0.872. The maximum atomic E-state index is 13.3. The number of hydrazone groups is 1. The van der Waals surface area contributed by atoms with Gasteiger partial charge in [0.1, 0.15) is 11.7 Å². The number of nitrogens with one attached hydrogen (secondary N) is 1. The molecule has 0 bridgehead atoms. The average Bonchev–Trinajstić information content (AvgIpc) is 2.90. The first-order valence-corrected chi connectivity index (χ1v) is 8.34. The molecule has 0 aromatic heterocycles. The summed E-state index contributed by atoms with van der Waals surface area (Å²) in [7, 11) is 3.92. The zero-order valence-corrected chi connectivity index (χ0v) is 14.8. The number of amidine groups is 1. The van der Waals surface area contributed by atoms with E-state index < -0.39 is 0 Å². The van der Waals surface area contributed by atoms with Crippen molar-refractivity contribution >= 4 is 17.4 Å². The summed E-state index contributed by atoms with van der Waals surface area (Å²) in [6.45, 7) is 1.96. The molecule has 0 amide bonds. The number of nitrogens with zero attached hydrogens (tertiary/aromatic N) is 2. The van der Waals surface area contributed by atoms with E-state index in [9.17, 15) is 4.39 Å². The Hall–Kier alpha value is -2.07. The van der Waals surface area contributed by atoms with Crippen LogP contribution in [0.15, 0.2) is 47.6 Å². The van der Waals surface area contributed by atoms with Crippen LogP contribution in [0.25, 0.3) is 0 Å². The summed E-state index contributed by atoms with van der Waals surface area (Å²) < 4.78 is 13.3. The number of rotatable bonds is 3. The van der Waals surface area contributed by atoms with Gasteiger partial charge in [-0.1, -0.05) is 29.8 Å². The van der Waals surface area contributed by atoms with Gasteiger partial charge in [-0.05, 0) is 54.3 Å². The standard InChI is InChI=1S/C19H21ClFN3/c1-12(24(2)3)22-23-19-17-9-6-15(20)10-14(17)11-18(19)13-4-7-16(21)8-5-13/h4-10,18-19,23H,11H2,1-3H3/b22-12-. The molecule has 0 fully saturated rings. The second kappa shape index (κ2) is 6.81. The van der Waals surface area contributed by atoms with Gasteiger partial charge < -0.3 is 10.3 Å². The van der Waals surface area contributed by atoms with E-state index in [2.05, 4.69) is 16.6 Å². The Labute approximate surface area is 147 Å².